The third-order valence-corrected chi connectivity index (χ3v) is 3.36. The Bertz CT molecular complexity index is 357. The zero-order chi connectivity index (χ0) is 11.5. The standard InChI is InChI=1S/C11H13F2NOS/c1-16-11-9(12)6-8(7-10(11)13)14-2-4-15-5-3-14/h6-7H,2-5H2,1H3. The Hall–Kier alpha value is -0.810. The lowest BCUT2D eigenvalue weighted by Crippen LogP contribution is -2.36. The van der Waals surface area contributed by atoms with Crippen LogP contribution in [0.2, 0.25) is 0 Å². The highest BCUT2D eigenvalue weighted by Gasteiger charge is 2.16. The molecule has 0 radical (unpaired) electrons. The quantitative estimate of drug-likeness (QED) is 0.743. The number of ether oxygens (including phenoxy) is 1. The van der Waals surface area contributed by atoms with Gasteiger partial charge in [0, 0.05) is 18.8 Å². The van der Waals surface area contributed by atoms with Crippen molar-refractivity contribution in [2.45, 2.75) is 4.90 Å². The summed E-state index contributed by atoms with van der Waals surface area (Å²) >= 11 is 1.08. The minimum Gasteiger partial charge on any atom is -0.378 e. The van der Waals surface area contributed by atoms with Crippen LogP contribution in [0.25, 0.3) is 0 Å². The number of nitrogens with zero attached hydrogens (tertiary/aromatic N) is 1. The van der Waals surface area contributed by atoms with Gasteiger partial charge in [-0.3, -0.25) is 0 Å². The smallest absolute Gasteiger partial charge is 0.141 e. The topological polar surface area (TPSA) is 12.5 Å². The number of benzene rings is 1. The molecule has 2 rings (SSSR count). The number of morpholine rings is 1. The molecule has 1 aromatic rings. The minimum absolute atomic E-state index is 0.0806. The zero-order valence-corrected chi connectivity index (χ0v) is 9.82. The van der Waals surface area contributed by atoms with E-state index >= 15 is 0 Å². The summed E-state index contributed by atoms with van der Waals surface area (Å²) in [6, 6.07) is 2.78. The molecule has 2 nitrogen and oxygen atoms in total. The van der Waals surface area contributed by atoms with E-state index in [1.54, 1.807) is 6.26 Å². The van der Waals surface area contributed by atoms with Gasteiger partial charge in [0.1, 0.15) is 11.6 Å². The third-order valence-electron chi connectivity index (χ3n) is 2.56. The second-order valence-electron chi connectivity index (χ2n) is 3.54. The molecule has 0 spiro atoms. The summed E-state index contributed by atoms with van der Waals surface area (Å²) < 4.78 is 32.3. The van der Waals surface area contributed by atoms with E-state index in [9.17, 15) is 8.78 Å². The second-order valence-corrected chi connectivity index (χ2v) is 4.36. The van der Waals surface area contributed by atoms with Crippen LogP contribution in [0.4, 0.5) is 14.5 Å². The van der Waals surface area contributed by atoms with Crippen molar-refractivity contribution in [1.82, 2.24) is 0 Å². The number of rotatable bonds is 2. The van der Waals surface area contributed by atoms with Crippen LogP contribution < -0.4 is 4.90 Å². The van der Waals surface area contributed by atoms with Crippen molar-refractivity contribution in [1.29, 1.82) is 0 Å². The molecule has 0 bridgehead atoms. The van der Waals surface area contributed by atoms with Gasteiger partial charge in [-0.15, -0.1) is 11.8 Å². The van der Waals surface area contributed by atoms with Crippen molar-refractivity contribution < 1.29 is 13.5 Å². The maximum absolute atomic E-state index is 13.5. The lowest BCUT2D eigenvalue weighted by molar-refractivity contribution is 0.122. The van der Waals surface area contributed by atoms with Gasteiger partial charge >= 0.3 is 0 Å². The first-order chi connectivity index (χ1) is 7.72. The number of halogens is 2. The summed E-state index contributed by atoms with van der Waals surface area (Å²) in [4.78, 5) is 2.01. The summed E-state index contributed by atoms with van der Waals surface area (Å²) in [5.41, 5.74) is 0.594. The van der Waals surface area contributed by atoms with E-state index in [1.807, 2.05) is 4.90 Å². The number of hydrogen-bond donors (Lipinski definition) is 0. The Balaban J connectivity index is 2.28. The first-order valence-electron chi connectivity index (χ1n) is 5.08. The number of anilines is 1. The second kappa shape index (κ2) is 5.01. The van der Waals surface area contributed by atoms with Gasteiger partial charge in [0.15, 0.2) is 0 Å². The van der Waals surface area contributed by atoms with Crippen molar-refractivity contribution in [3.63, 3.8) is 0 Å². The average molecular weight is 245 g/mol. The lowest BCUT2D eigenvalue weighted by Gasteiger charge is -2.29. The fourth-order valence-corrected chi connectivity index (χ4v) is 2.25. The van der Waals surface area contributed by atoms with Gasteiger partial charge < -0.3 is 9.64 Å². The van der Waals surface area contributed by atoms with E-state index in [2.05, 4.69) is 0 Å². The molecule has 0 aromatic heterocycles. The van der Waals surface area contributed by atoms with Crippen LogP contribution in [-0.2, 0) is 4.74 Å². The molecule has 0 amide bonds. The minimum atomic E-state index is -0.492. The Morgan fingerprint density at radius 3 is 2.25 bits per heavy atom. The monoisotopic (exact) mass is 245 g/mol. The molecule has 0 saturated carbocycles. The maximum Gasteiger partial charge on any atom is 0.141 e. The molecule has 0 N–H and O–H groups in total. The van der Waals surface area contributed by atoms with E-state index in [-0.39, 0.29) is 4.90 Å². The van der Waals surface area contributed by atoms with Crippen LogP contribution in [0, 0.1) is 11.6 Å². The molecule has 88 valence electrons. The highest BCUT2D eigenvalue weighted by atomic mass is 32.2. The Morgan fingerprint density at radius 2 is 1.75 bits per heavy atom. The maximum atomic E-state index is 13.5. The zero-order valence-electron chi connectivity index (χ0n) is 9.00. The molecule has 1 aliphatic rings. The van der Waals surface area contributed by atoms with Crippen molar-refractivity contribution in [3.8, 4) is 0 Å². The van der Waals surface area contributed by atoms with Gasteiger partial charge in [0.25, 0.3) is 0 Å². The van der Waals surface area contributed by atoms with E-state index in [4.69, 9.17) is 4.74 Å². The molecule has 1 aromatic carbocycles. The van der Waals surface area contributed by atoms with Crippen LogP contribution in [0.5, 0.6) is 0 Å². The van der Waals surface area contributed by atoms with E-state index < -0.39 is 11.6 Å². The first-order valence-corrected chi connectivity index (χ1v) is 6.30. The van der Waals surface area contributed by atoms with E-state index in [1.165, 1.54) is 12.1 Å². The predicted molar refractivity (Wildman–Crippen MR) is 61.2 cm³/mol. The third kappa shape index (κ3) is 2.30. The summed E-state index contributed by atoms with van der Waals surface area (Å²) in [7, 11) is 0. The van der Waals surface area contributed by atoms with E-state index in [0.717, 1.165) is 11.8 Å². The molecule has 16 heavy (non-hydrogen) atoms. The van der Waals surface area contributed by atoms with Crippen molar-refractivity contribution in [3.05, 3.63) is 23.8 Å². The lowest BCUT2D eigenvalue weighted by atomic mass is 10.2. The van der Waals surface area contributed by atoms with Gasteiger partial charge in [0.2, 0.25) is 0 Å². The molecular formula is C11H13F2NOS. The van der Waals surface area contributed by atoms with Crippen LogP contribution in [0.3, 0.4) is 0 Å². The average Bonchev–Trinajstić information content (AvgIpc) is 2.30. The highest BCUT2D eigenvalue weighted by molar-refractivity contribution is 7.98. The van der Waals surface area contributed by atoms with Gasteiger partial charge in [-0.1, -0.05) is 0 Å². The summed E-state index contributed by atoms with van der Waals surface area (Å²) in [5.74, 6) is -0.983. The number of thioether (sulfide) groups is 1. The van der Waals surface area contributed by atoms with Gasteiger partial charge in [0.05, 0.1) is 18.1 Å². The Morgan fingerprint density at radius 1 is 1.19 bits per heavy atom. The molecule has 0 atom stereocenters. The molecule has 1 fully saturated rings. The molecule has 1 heterocycles. The van der Waals surface area contributed by atoms with Crippen molar-refractivity contribution in [2.75, 3.05) is 37.5 Å². The predicted octanol–water partition coefficient (Wildman–Crippen LogP) is 2.52. The van der Waals surface area contributed by atoms with Crippen LogP contribution in [0.15, 0.2) is 17.0 Å². The summed E-state index contributed by atoms with van der Waals surface area (Å²) in [6.07, 6.45) is 1.66. The molecule has 1 saturated heterocycles. The van der Waals surface area contributed by atoms with Crippen molar-refractivity contribution >= 4 is 17.4 Å². The van der Waals surface area contributed by atoms with Gasteiger partial charge in [-0.25, -0.2) is 8.78 Å². The summed E-state index contributed by atoms with van der Waals surface area (Å²) in [6.45, 7) is 2.57. The molecular weight excluding hydrogens is 232 g/mol. The summed E-state index contributed by atoms with van der Waals surface area (Å²) in [5, 5.41) is 0. The van der Waals surface area contributed by atoms with Crippen LogP contribution in [-0.4, -0.2) is 32.6 Å². The molecule has 5 heteroatoms. The van der Waals surface area contributed by atoms with E-state index in [0.29, 0.717) is 32.0 Å². The SMILES string of the molecule is CSc1c(F)cc(N2CCOCC2)cc1F. The number of hydrogen-bond acceptors (Lipinski definition) is 3. The molecule has 1 aliphatic heterocycles. The van der Waals surface area contributed by atoms with Gasteiger partial charge in [-0.2, -0.15) is 0 Å². The van der Waals surface area contributed by atoms with Gasteiger partial charge in [-0.05, 0) is 18.4 Å². The Labute approximate surface area is 97.6 Å². The normalized spacial score (nSPS) is 16.6. The highest BCUT2D eigenvalue weighted by Crippen LogP contribution is 2.28. The molecule has 0 unspecified atom stereocenters. The largest absolute Gasteiger partial charge is 0.378 e. The van der Waals surface area contributed by atoms with Crippen LogP contribution in [0.1, 0.15) is 0 Å². The fourth-order valence-electron chi connectivity index (χ4n) is 1.75. The Kier molecular flexibility index (Phi) is 3.66. The fraction of sp³-hybridized carbons (Fsp3) is 0.455. The van der Waals surface area contributed by atoms with Crippen molar-refractivity contribution in [2.24, 2.45) is 0 Å². The van der Waals surface area contributed by atoms with Crippen LogP contribution >= 0.6 is 11.8 Å². The first kappa shape index (κ1) is 11.7. The molecule has 0 aliphatic carbocycles.